The zero-order valence-electron chi connectivity index (χ0n) is 11.4. The van der Waals surface area contributed by atoms with Crippen molar-refractivity contribution in [2.45, 2.75) is 6.92 Å². The number of aromatic amines is 1. The summed E-state index contributed by atoms with van der Waals surface area (Å²) in [5.41, 5.74) is 2.85. The molecule has 0 amide bonds. The molecular weight excluding hydrogens is 244 g/mol. The third-order valence-electron chi connectivity index (χ3n) is 2.67. The number of methoxy groups -OCH3 is 1. The van der Waals surface area contributed by atoms with Crippen molar-refractivity contribution < 1.29 is 9.47 Å². The molecular formula is C13H18N4O2. The van der Waals surface area contributed by atoms with E-state index in [1.807, 2.05) is 32.2 Å². The zero-order valence-corrected chi connectivity index (χ0v) is 11.4. The first-order valence-corrected chi connectivity index (χ1v) is 6.07. The summed E-state index contributed by atoms with van der Waals surface area (Å²) < 4.78 is 10.6. The number of aromatic nitrogens is 3. The van der Waals surface area contributed by atoms with Crippen LogP contribution in [-0.4, -0.2) is 42.8 Å². The number of ether oxygens (including phenoxy) is 2. The molecule has 0 aliphatic rings. The number of aryl methyl sites for hydroxylation is 1. The maximum Gasteiger partial charge on any atom is 0.176 e. The lowest BCUT2D eigenvalue weighted by Crippen LogP contribution is -2.04. The Labute approximate surface area is 112 Å². The fourth-order valence-corrected chi connectivity index (χ4v) is 1.82. The van der Waals surface area contributed by atoms with Gasteiger partial charge in [0.25, 0.3) is 0 Å². The second-order valence-corrected chi connectivity index (χ2v) is 4.15. The summed E-state index contributed by atoms with van der Waals surface area (Å²) in [4.78, 5) is 0. The molecule has 2 aromatic rings. The van der Waals surface area contributed by atoms with Crippen LogP contribution < -0.4 is 10.1 Å². The Morgan fingerprint density at radius 1 is 1.21 bits per heavy atom. The highest BCUT2D eigenvalue weighted by molar-refractivity contribution is 5.72. The number of benzene rings is 1. The first-order chi connectivity index (χ1) is 9.24. The molecule has 0 spiro atoms. The normalized spacial score (nSPS) is 10.5. The van der Waals surface area contributed by atoms with Gasteiger partial charge in [0.2, 0.25) is 0 Å². The SMILES string of the molecule is CNc1n[nH]nc1-c1cc(C)cc(OCCOC)c1. The van der Waals surface area contributed by atoms with E-state index in [2.05, 4.69) is 20.7 Å². The van der Waals surface area contributed by atoms with Crippen LogP contribution in [0.2, 0.25) is 0 Å². The Hall–Kier alpha value is -2.08. The lowest BCUT2D eigenvalue weighted by atomic mass is 10.1. The fourth-order valence-electron chi connectivity index (χ4n) is 1.82. The van der Waals surface area contributed by atoms with Gasteiger partial charge in [0.05, 0.1) is 6.61 Å². The number of H-pyrrole nitrogens is 1. The molecule has 1 aromatic heterocycles. The number of nitrogens with zero attached hydrogens (tertiary/aromatic N) is 2. The third-order valence-corrected chi connectivity index (χ3v) is 2.67. The van der Waals surface area contributed by atoms with Crippen LogP contribution in [-0.2, 0) is 4.74 Å². The average molecular weight is 262 g/mol. The van der Waals surface area contributed by atoms with Gasteiger partial charge in [-0.3, -0.25) is 0 Å². The van der Waals surface area contributed by atoms with Crippen LogP contribution in [0.5, 0.6) is 5.75 Å². The van der Waals surface area contributed by atoms with E-state index < -0.39 is 0 Å². The van der Waals surface area contributed by atoms with E-state index in [4.69, 9.17) is 9.47 Å². The Kier molecular flexibility index (Phi) is 4.35. The molecule has 6 nitrogen and oxygen atoms in total. The van der Waals surface area contributed by atoms with Crippen LogP contribution >= 0.6 is 0 Å². The number of anilines is 1. The highest BCUT2D eigenvalue weighted by Crippen LogP contribution is 2.28. The van der Waals surface area contributed by atoms with E-state index in [9.17, 15) is 0 Å². The first kappa shape index (κ1) is 13.4. The van der Waals surface area contributed by atoms with Gasteiger partial charge in [-0.2, -0.15) is 10.3 Å². The van der Waals surface area contributed by atoms with E-state index in [0.29, 0.717) is 19.0 Å². The maximum absolute atomic E-state index is 5.64. The molecule has 0 unspecified atom stereocenters. The topological polar surface area (TPSA) is 72.1 Å². The van der Waals surface area contributed by atoms with Gasteiger partial charge in [-0.1, -0.05) is 0 Å². The second-order valence-electron chi connectivity index (χ2n) is 4.15. The average Bonchev–Trinajstić information content (AvgIpc) is 2.86. The number of hydrogen-bond donors (Lipinski definition) is 2. The van der Waals surface area contributed by atoms with Crippen LogP contribution in [0.3, 0.4) is 0 Å². The smallest absolute Gasteiger partial charge is 0.176 e. The molecule has 0 bridgehead atoms. The summed E-state index contributed by atoms with van der Waals surface area (Å²) in [6, 6.07) is 5.97. The van der Waals surface area contributed by atoms with Gasteiger partial charge in [-0.05, 0) is 30.7 Å². The molecule has 0 aliphatic heterocycles. The van der Waals surface area contributed by atoms with Crippen molar-refractivity contribution in [3.05, 3.63) is 23.8 Å². The quantitative estimate of drug-likeness (QED) is 0.777. The summed E-state index contributed by atoms with van der Waals surface area (Å²) in [5.74, 6) is 1.52. The molecule has 102 valence electrons. The second kappa shape index (κ2) is 6.19. The first-order valence-electron chi connectivity index (χ1n) is 6.07. The number of rotatable bonds is 6. The standard InChI is InChI=1S/C13H18N4O2/c1-9-6-10(12-13(14-2)16-17-15-12)8-11(7-9)19-5-4-18-3/h6-8H,4-5H2,1-3H3,(H2,14,15,16,17). The minimum Gasteiger partial charge on any atom is -0.491 e. The molecule has 6 heteroatoms. The van der Waals surface area contributed by atoms with Crippen molar-refractivity contribution in [1.29, 1.82) is 0 Å². The summed E-state index contributed by atoms with van der Waals surface area (Å²) in [6.07, 6.45) is 0. The summed E-state index contributed by atoms with van der Waals surface area (Å²) >= 11 is 0. The minimum absolute atomic E-state index is 0.525. The molecule has 2 N–H and O–H groups in total. The molecule has 0 atom stereocenters. The lowest BCUT2D eigenvalue weighted by molar-refractivity contribution is 0.146. The van der Waals surface area contributed by atoms with Crippen LogP contribution in [0.15, 0.2) is 18.2 Å². The molecule has 0 saturated carbocycles. The van der Waals surface area contributed by atoms with Gasteiger partial charge in [-0.15, -0.1) is 5.10 Å². The third kappa shape index (κ3) is 3.23. The predicted octanol–water partition coefficient (Wildman–Crippen LogP) is 1.85. The van der Waals surface area contributed by atoms with Crippen LogP contribution in [0, 0.1) is 6.92 Å². The van der Waals surface area contributed by atoms with Crippen molar-refractivity contribution in [3.63, 3.8) is 0 Å². The Balaban J connectivity index is 2.26. The van der Waals surface area contributed by atoms with Crippen molar-refractivity contribution >= 4 is 5.82 Å². The molecule has 1 heterocycles. The largest absolute Gasteiger partial charge is 0.491 e. The predicted molar refractivity (Wildman–Crippen MR) is 73.5 cm³/mol. The van der Waals surface area contributed by atoms with Crippen molar-refractivity contribution in [2.75, 3.05) is 32.7 Å². The summed E-state index contributed by atoms with van der Waals surface area (Å²) in [5, 5.41) is 13.8. The Bertz CT molecular complexity index is 539. The van der Waals surface area contributed by atoms with E-state index >= 15 is 0 Å². The van der Waals surface area contributed by atoms with Gasteiger partial charge in [0, 0.05) is 19.7 Å². The number of nitrogens with one attached hydrogen (secondary N) is 2. The van der Waals surface area contributed by atoms with Crippen LogP contribution in [0.25, 0.3) is 11.3 Å². The maximum atomic E-state index is 5.64. The highest BCUT2D eigenvalue weighted by atomic mass is 16.5. The van der Waals surface area contributed by atoms with Gasteiger partial charge < -0.3 is 14.8 Å². The van der Waals surface area contributed by atoms with E-state index in [0.717, 1.165) is 22.6 Å². The van der Waals surface area contributed by atoms with Gasteiger partial charge in [0.1, 0.15) is 18.1 Å². The molecule has 2 rings (SSSR count). The molecule has 1 aromatic carbocycles. The molecule has 0 radical (unpaired) electrons. The van der Waals surface area contributed by atoms with Gasteiger partial charge >= 0.3 is 0 Å². The van der Waals surface area contributed by atoms with E-state index in [-0.39, 0.29) is 0 Å². The molecule has 19 heavy (non-hydrogen) atoms. The molecule has 0 aliphatic carbocycles. The zero-order chi connectivity index (χ0) is 13.7. The summed E-state index contributed by atoms with van der Waals surface area (Å²) in [7, 11) is 3.47. The van der Waals surface area contributed by atoms with E-state index in [1.165, 1.54) is 0 Å². The summed E-state index contributed by atoms with van der Waals surface area (Å²) in [6.45, 7) is 3.11. The van der Waals surface area contributed by atoms with Gasteiger partial charge in [0.15, 0.2) is 5.82 Å². The molecule has 0 fully saturated rings. The monoisotopic (exact) mass is 262 g/mol. The van der Waals surface area contributed by atoms with Crippen molar-refractivity contribution in [2.24, 2.45) is 0 Å². The highest BCUT2D eigenvalue weighted by Gasteiger charge is 2.10. The lowest BCUT2D eigenvalue weighted by Gasteiger charge is -2.09. The van der Waals surface area contributed by atoms with E-state index in [1.54, 1.807) is 7.11 Å². The Morgan fingerprint density at radius 3 is 2.79 bits per heavy atom. The molecule has 0 saturated heterocycles. The fraction of sp³-hybridized carbons (Fsp3) is 0.385. The van der Waals surface area contributed by atoms with Crippen molar-refractivity contribution in [3.8, 4) is 17.0 Å². The van der Waals surface area contributed by atoms with Crippen LogP contribution in [0.1, 0.15) is 5.56 Å². The van der Waals surface area contributed by atoms with Crippen molar-refractivity contribution in [1.82, 2.24) is 15.4 Å². The minimum atomic E-state index is 0.525. The Morgan fingerprint density at radius 2 is 2.05 bits per heavy atom. The number of hydrogen-bond acceptors (Lipinski definition) is 5. The van der Waals surface area contributed by atoms with Gasteiger partial charge in [-0.25, -0.2) is 0 Å². The van der Waals surface area contributed by atoms with Crippen LogP contribution in [0.4, 0.5) is 5.82 Å².